The van der Waals surface area contributed by atoms with Crippen molar-refractivity contribution in [2.45, 2.75) is 13.5 Å². The van der Waals surface area contributed by atoms with Crippen LogP contribution >= 0.6 is 54.8 Å². The first kappa shape index (κ1) is 13.3. The molecule has 2 heterocycles. The highest BCUT2D eigenvalue weighted by Crippen LogP contribution is 2.34. The van der Waals surface area contributed by atoms with Gasteiger partial charge in [0.2, 0.25) is 5.78 Å². The van der Waals surface area contributed by atoms with Crippen LogP contribution in [0.4, 0.5) is 0 Å². The lowest BCUT2D eigenvalue weighted by Crippen LogP contribution is -2.09. The molecule has 0 unspecified atom stereocenters. The molecule has 0 atom stereocenters. The molecule has 2 aromatic heterocycles. The van der Waals surface area contributed by atoms with Crippen LogP contribution in [0.5, 0.6) is 0 Å². The van der Waals surface area contributed by atoms with Crippen LogP contribution < -0.4 is 0 Å². The molecule has 0 amide bonds. The van der Waals surface area contributed by atoms with Crippen molar-refractivity contribution >= 4 is 60.6 Å². The summed E-state index contributed by atoms with van der Waals surface area (Å²) >= 11 is 14.1. The molecule has 2 aromatic rings. The van der Waals surface area contributed by atoms with Gasteiger partial charge in [0.05, 0.1) is 19.9 Å². The number of aryl methyl sites for hydroxylation is 1. The van der Waals surface area contributed by atoms with Crippen LogP contribution in [0.3, 0.4) is 0 Å². The van der Waals surface area contributed by atoms with Crippen molar-refractivity contribution in [1.82, 2.24) is 9.78 Å². The summed E-state index contributed by atoms with van der Waals surface area (Å²) in [4.78, 5) is 12.9. The van der Waals surface area contributed by atoms with E-state index in [1.807, 2.05) is 6.92 Å². The second kappa shape index (κ2) is 5.22. The van der Waals surface area contributed by atoms with Gasteiger partial charge >= 0.3 is 0 Å². The number of rotatable bonds is 3. The molecule has 0 spiro atoms. The molecule has 0 aliphatic carbocycles. The molecule has 0 radical (unpaired) electrons. The Morgan fingerprint density at radius 3 is 2.82 bits per heavy atom. The number of thiophene rings is 1. The summed E-state index contributed by atoms with van der Waals surface area (Å²) in [5.41, 5.74) is 0.440. The van der Waals surface area contributed by atoms with E-state index >= 15 is 0 Å². The topological polar surface area (TPSA) is 34.9 Å². The smallest absolute Gasteiger partial charge is 0.222 e. The van der Waals surface area contributed by atoms with Gasteiger partial charge in [-0.15, -0.1) is 11.3 Å². The largest absolute Gasteiger partial charge is 0.286 e. The molecule has 90 valence electrons. The molecular weight excluding hydrogens is 391 g/mol. The predicted octanol–water partition coefficient (Wildman–Crippen LogP) is 4.37. The van der Waals surface area contributed by atoms with E-state index in [0.29, 0.717) is 22.1 Å². The number of carbonyl (C=O) groups excluding carboxylic acids is 1. The van der Waals surface area contributed by atoms with Crippen molar-refractivity contribution in [1.29, 1.82) is 0 Å². The zero-order valence-electron chi connectivity index (χ0n) is 8.71. The summed E-state index contributed by atoms with van der Waals surface area (Å²) in [6.45, 7) is 2.53. The van der Waals surface area contributed by atoms with Gasteiger partial charge in [-0.1, -0.05) is 11.6 Å². The van der Waals surface area contributed by atoms with E-state index in [4.69, 9.17) is 11.6 Å². The minimum Gasteiger partial charge on any atom is -0.286 e. The normalized spacial score (nSPS) is 10.8. The Balaban J connectivity index is 2.46. The van der Waals surface area contributed by atoms with E-state index in [0.717, 1.165) is 8.26 Å². The molecule has 7 heteroatoms. The van der Waals surface area contributed by atoms with Crippen LogP contribution in [0.25, 0.3) is 0 Å². The summed E-state index contributed by atoms with van der Waals surface area (Å²) in [5, 5.41) is 4.44. The molecule has 0 fully saturated rings. The Bertz CT molecular complexity index is 559. The van der Waals surface area contributed by atoms with Gasteiger partial charge in [0, 0.05) is 11.0 Å². The molecule has 2 rings (SSSR count). The lowest BCUT2D eigenvalue weighted by molar-refractivity contribution is 0.103. The maximum atomic E-state index is 12.3. The molecule has 0 N–H and O–H groups in total. The van der Waals surface area contributed by atoms with Crippen LogP contribution in [0.15, 0.2) is 20.5 Å². The van der Waals surface area contributed by atoms with Crippen LogP contribution in [0.2, 0.25) is 5.02 Å². The molecule has 0 aromatic carbocycles. The fourth-order valence-electron chi connectivity index (χ4n) is 1.40. The van der Waals surface area contributed by atoms with E-state index in [9.17, 15) is 4.79 Å². The lowest BCUT2D eigenvalue weighted by Gasteiger charge is -2.02. The second-order valence-electron chi connectivity index (χ2n) is 3.22. The summed E-state index contributed by atoms with van der Waals surface area (Å²) in [7, 11) is 0. The SMILES string of the molecule is CCn1ncc(Cl)c1C(=O)c1cc(Br)c(Br)s1. The zero-order chi connectivity index (χ0) is 12.6. The zero-order valence-corrected chi connectivity index (χ0v) is 13.5. The number of hydrogen-bond acceptors (Lipinski definition) is 3. The minimum absolute atomic E-state index is 0.106. The Hall–Kier alpha value is -0.170. The average molecular weight is 399 g/mol. The Morgan fingerprint density at radius 1 is 1.59 bits per heavy atom. The van der Waals surface area contributed by atoms with Gasteiger partial charge in [-0.05, 0) is 44.8 Å². The average Bonchev–Trinajstić information content (AvgIpc) is 2.82. The van der Waals surface area contributed by atoms with Gasteiger partial charge in [-0.3, -0.25) is 9.48 Å². The molecule has 0 saturated carbocycles. The van der Waals surface area contributed by atoms with Crippen molar-refractivity contribution in [2.24, 2.45) is 0 Å². The monoisotopic (exact) mass is 396 g/mol. The number of carbonyl (C=O) groups is 1. The minimum atomic E-state index is -0.106. The number of hydrogen-bond donors (Lipinski definition) is 0. The van der Waals surface area contributed by atoms with E-state index in [-0.39, 0.29) is 5.78 Å². The van der Waals surface area contributed by atoms with Gasteiger partial charge in [-0.2, -0.15) is 5.10 Å². The van der Waals surface area contributed by atoms with Gasteiger partial charge in [0.25, 0.3) is 0 Å². The fourth-order valence-corrected chi connectivity index (χ4v) is 3.61. The number of halogens is 3. The highest BCUT2D eigenvalue weighted by Gasteiger charge is 2.21. The molecule has 0 aliphatic heterocycles. The molecule has 3 nitrogen and oxygen atoms in total. The molecule has 0 saturated heterocycles. The summed E-state index contributed by atoms with van der Waals surface area (Å²) < 4.78 is 3.36. The third kappa shape index (κ3) is 2.50. The van der Waals surface area contributed by atoms with E-state index in [1.54, 1.807) is 10.7 Å². The summed E-state index contributed by atoms with van der Waals surface area (Å²) in [6, 6.07) is 1.78. The van der Waals surface area contributed by atoms with Crippen molar-refractivity contribution < 1.29 is 4.79 Å². The van der Waals surface area contributed by atoms with Gasteiger partial charge in [0.15, 0.2) is 0 Å². The quantitative estimate of drug-likeness (QED) is 0.720. The lowest BCUT2D eigenvalue weighted by atomic mass is 10.2. The highest BCUT2D eigenvalue weighted by atomic mass is 79.9. The first-order valence-corrected chi connectivity index (χ1v) is 7.53. The van der Waals surface area contributed by atoms with E-state index in [1.165, 1.54) is 17.5 Å². The van der Waals surface area contributed by atoms with Gasteiger partial charge in [0.1, 0.15) is 5.69 Å². The van der Waals surface area contributed by atoms with Crippen LogP contribution in [0.1, 0.15) is 22.3 Å². The maximum absolute atomic E-state index is 12.3. The highest BCUT2D eigenvalue weighted by molar-refractivity contribution is 9.13. The van der Waals surface area contributed by atoms with Gasteiger partial charge in [-0.25, -0.2) is 0 Å². The third-order valence-electron chi connectivity index (χ3n) is 2.18. The van der Waals surface area contributed by atoms with Crippen LogP contribution in [0, 0.1) is 0 Å². The number of nitrogens with zero attached hydrogens (tertiary/aromatic N) is 2. The predicted molar refractivity (Wildman–Crippen MR) is 76.1 cm³/mol. The van der Waals surface area contributed by atoms with Crippen LogP contribution in [-0.2, 0) is 6.54 Å². The summed E-state index contributed by atoms with van der Waals surface area (Å²) in [6.07, 6.45) is 1.50. The first-order chi connectivity index (χ1) is 8.04. The van der Waals surface area contributed by atoms with Crippen LogP contribution in [-0.4, -0.2) is 15.6 Å². The van der Waals surface area contributed by atoms with Gasteiger partial charge < -0.3 is 0 Å². The Labute approximate surface area is 124 Å². The van der Waals surface area contributed by atoms with Crippen molar-refractivity contribution in [3.8, 4) is 0 Å². The molecule has 17 heavy (non-hydrogen) atoms. The van der Waals surface area contributed by atoms with Crippen molar-refractivity contribution in [2.75, 3.05) is 0 Å². The Kier molecular flexibility index (Phi) is 4.07. The summed E-state index contributed by atoms with van der Waals surface area (Å²) in [5.74, 6) is -0.106. The number of aromatic nitrogens is 2. The van der Waals surface area contributed by atoms with Crippen molar-refractivity contribution in [3.63, 3.8) is 0 Å². The molecular formula is C10H7Br2ClN2OS. The maximum Gasteiger partial charge on any atom is 0.222 e. The standard InChI is InChI=1S/C10H7Br2ClN2OS/c1-2-15-8(6(13)4-14-15)9(16)7-3-5(11)10(12)17-7/h3-4H,2H2,1H3. The van der Waals surface area contributed by atoms with E-state index < -0.39 is 0 Å². The Morgan fingerprint density at radius 2 is 2.29 bits per heavy atom. The fraction of sp³-hybridized carbons (Fsp3) is 0.200. The molecule has 0 bridgehead atoms. The third-order valence-corrected chi connectivity index (χ3v) is 5.71. The molecule has 0 aliphatic rings. The first-order valence-electron chi connectivity index (χ1n) is 4.75. The number of ketones is 1. The van der Waals surface area contributed by atoms with E-state index in [2.05, 4.69) is 37.0 Å². The van der Waals surface area contributed by atoms with Crippen molar-refractivity contribution in [3.05, 3.63) is 36.1 Å². The second-order valence-corrected chi connectivity index (χ2v) is 6.85.